The zero-order valence-corrected chi connectivity index (χ0v) is 16.4. The van der Waals surface area contributed by atoms with Crippen LogP contribution in [0.25, 0.3) is 5.69 Å². The SMILES string of the molecule is COc1ccc(/C=N/NC(=O)c2nn(-c3ccccc3)c3c2CCC3)c(OC)c1. The normalized spacial score (nSPS) is 12.8. The fourth-order valence-electron chi connectivity index (χ4n) is 3.54. The number of carbonyl (C=O) groups is 1. The molecule has 1 aliphatic rings. The summed E-state index contributed by atoms with van der Waals surface area (Å²) < 4.78 is 12.4. The number of ether oxygens (including phenoxy) is 2. The zero-order valence-electron chi connectivity index (χ0n) is 16.4. The molecule has 29 heavy (non-hydrogen) atoms. The third kappa shape index (κ3) is 3.71. The van der Waals surface area contributed by atoms with E-state index in [1.165, 1.54) is 0 Å². The van der Waals surface area contributed by atoms with Crippen molar-refractivity contribution < 1.29 is 14.3 Å². The second-order valence-electron chi connectivity index (χ2n) is 6.68. The van der Waals surface area contributed by atoms with E-state index in [4.69, 9.17) is 9.47 Å². The molecule has 7 heteroatoms. The lowest BCUT2D eigenvalue weighted by Crippen LogP contribution is -2.20. The molecule has 1 N–H and O–H groups in total. The number of nitrogens with one attached hydrogen (secondary N) is 1. The third-order valence-electron chi connectivity index (χ3n) is 4.96. The fraction of sp³-hybridized carbons (Fsp3) is 0.227. The molecule has 4 rings (SSSR count). The Morgan fingerprint density at radius 1 is 1.14 bits per heavy atom. The number of para-hydroxylation sites is 1. The predicted molar refractivity (Wildman–Crippen MR) is 110 cm³/mol. The Balaban J connectivity index is 1.55. The van der Waals surface area contributed by atoms with Crippen LogP contribution in [0.15, 0.2) is 53.6 Å². The molecular formula is C22H22N4O3. The molecule has 0 aliphatic heterocycles. The number of methoxy groups -OCH3 is 2. The summed E-state index contributed by atoms with van der Waals surface area (Å²) in [7, 11) is 3.17. The van der Waals surface area contributed by atoms with Crippen molar-refractivity contribution in [1.82, 2.24) is 15.2 Å². The van der Waals surface area contributed by atoms with E-state index in [2.05, 4.69) is 15.6 Å². The standard InChI is InChI=1S/C22H22N4O3/c1-28-17-12-11-15(20(13-17)29-2)14-23-24-22(27)21-18-9-6-10-19(18)26(25-21)16-7-4-3-5-8-16/h3-5,7-8,11-14H,6,9-10H2,1-2H3,(H,24,27)/b23-14+. The van der Waals surface area contributed by atoms with Crippen LogP contribution in [0.3, 0.4) is 0 Å². The Hall–Kier alpha value is -3.61. The second-order valence-corrected chi connectivity index (χ2v) is 6.68. The van der Waals surface area contributed by atoms with Crippen LogP contribution in [0.4, 0.5) is 0 Å². The van der Waals surface area contributed by atoms with E-state index >= 15 is 0 Å². The van der Waals surface area contributed by atoms with Crippen molar-refractivity contribution in [3.8, 4) is 17.2 Å². The number of hydrogen-bond donors (Lipinski definition) is 1. The highest BCUT2D eigenvalue weighted by Gasteiger charge is 2.26. The topological polar surface area (TPSA) is 77.7 Å². The molecular weight excluding hydrogens is 368 g/mol. The number of rotatable bonds is 6. The maximum atomic E-state index is 12.7. The first-order chi connectivity index (χ1) is 14.2. The molecule has 148 valence electrons. The molecule has 0 unspecified atom stereocenters. The summed E-state index contributed by atoms with van der Waals surface area (Å²) in [4.78, 5) is 12.7. The van der Waals surface area contributed by atoms with Gasteiger partial charge >= 0.3 is 0 Å². The highest BCUT2D eigenvalue weighted by Crippen LogP contribution is 2.28. The number of amides is 1. The number of carbonyl (C=O) groups excluding carboxylic acids is 1. The summed E-state index contributed by atoms with van der Waals surface area (Å²) in [6, 6.07) is 15.2. The van der Waals surface area contributed by atoms with Crippen LogP contribution >= 0.6 is 0 Å². The highest BCUT2D eigenvalue weighted by molar-refractivity contribution is 5.95. The number of aromatic nitrogens is 2. The lowest BCUT2D eigenvalue weighted by Gasteiger charge is -2.06. The summed E-state index contributed by atoms with van der Waals surface area (Å²) in [5, 5.41) is 8.67. The molecule has 1 heterocycles. The number of hydrazone groups is 1. The summed E-state index contributed by atoms with van der Waals surface area (Å²) in [6.07, 6.45) is 4.33. The summed E-state index contributed by atoms with van der Waals surface area (Å²) in [5.74, 6) is 0.975. The van der Waals surface area contributed by atoms with Gasteiger partial charge in [0.25, 0.3) is 5.91 Å². The van der Waals surface area contributed by atoms with Gasteiger partial charge in [-0.2, -0.15) is 10.2 Å². The van der Waals surface area contributed by atoms with Crippen LogP contribution in [0.1, 0.15) is 33.7 Å². The Morgan fingerprint density at radius 2 is 1.97 bits per heavy atom. The largest absolute Gasteiger partial charge is 0.497 e. The van der Waals surface area contributed by atoms with Gasteiger partial charge in [0.1, 0.15) is 11.5 Å². The molecule has 0 radical (unpaired) electrons. The highest BCUT2D eigenvalue weighted by atomic mass is 16.5. The molecule has 2 aromatic carbocycles. The van der Waals surface area contributed by atoms with Crippen LogP contribution < -0.4 is 14.9 Å². The van der Waals surface area contributed by atoms with Gasteiger partial charge in [-0.1, -0.05) is 18.2 Å². The Morgan fingerprint density at radius 3 is 2.72 bits per heavy atom. The minimum atomic E-state index is -0.318. The van der Waals surface area contributed by atoms with Gasteiger partial charge in [-0.25, -0.2) is 10.1 Å². The minimum absolute atomic E-state index is 0.318. The molecule has 1 amide bonds. The van der Waals surface area contributed by atoms with Crippen LogP contribution in [0.5, 0.6) is 11.5 Å². The van der Waals surface area contributed by atoms with Crippen LogP contribution in [0, 0.1) is 0 Å². The molecule has 0 fully saturated rings. The Kier molecular flexibility index (Phi) is 5.29. The first-order valence-corrected chi connectivity index (χ1v) is 9.43. The van der Waals surface area contributed by atoms with E-state index in [0.29, 0.717) is 17.2 Å². The van der Waals surface area contributed by atoms with Crippen molar-refractivity contribution >= 4 is 12.1 Å². The predicted octanol–water partition coefficient (Wildman–Crippen LogP) is 3.14. The first kappa shape index (κ1) is 18.7. The lowest BCUT2D eigenvalue weighted by atomic mass is 10.2. The maximum absolute atomic E-state index is 12.7. The molecule has 0 saturated heterocycles. The molecule has 0 saturated carbocycles. The zero-order chi connectivity index (χ0) is 20.2. The van der Waals surface area contributed by atoms with Crippen LogP contribution in [-0.2, 0) is 12.8 Å². The van der Waals surface area contributed by atoms with Gasteiger partial charge in [0.05, 0.1) is 26.1 Å². The minimum Gasteiger partial charge on any atom is -0.497 e. The molecule has 1 aromatic heterocycles. The number of nitrogens with zero attached hydrogens (tertiary/aromatic N) is 3. The Labute approximate surface area is 169 Å². The second kappa shape index (κ2) is 8.18. The van der Waals surface area contributed by atoms with Gasteiger partial charge in [0.2, 0.25) is 0 Å². The Bertz CT molecular complexity index is 1060. The molecule has 0 spiro atoms. The van der Waals surface area contributed by atoms with Gasteiger partial charge in [-0.15, -0.1) is 0 Å². The van der Waals surface area contributed by atoms with E-state index in [1.54, 1.807) is 32.6 Å². The lowest BCUT2D eigenvalue weighted by molar-refractivity contribution is 0.0949. The van der Waals surface area contributed by atoms with Crippen molar-refractivity contribution in [3.05, 3.63) is 71.0 Å². The summed E-state index contributed by atoms with van der Waals surface area (Å²) in [6.45, 7) is 0. The molecule has 7 nitrogen and oxygen atoms in total. The van der Waals surface area contributed by atoms with Gasteiger partial charge in [-0.3, -0.25) is 4.79 Å². The van der Waals surface area contributed by atoms with Crippen molar-refractivity contribution in [3.63, 3.8) is 0 Å². The number of fused-ring (bicyclic) bond motifs is 1. The first-order valence-electron chi connectivity index (χ1n) is 9.43. The third-order valence-corrected chi connectivity index (χ3v) is 4.96. The quantitative estimate of drug-likeness (QED) is 0.518. The maximum Gasteiger partial charge on any atom is 0.292 e. The van der Waals surface area contributed by atoms with Crippen LogP contribution in [0.2, 0.25) is 0 Å². The smallest absolute Gasteiger partial charge is 0.292 e. The van der Waals surface area contributed by atoms with E-state index in [-0.39, 0.29) is 5.91 Å². The van der Waals surface area contributed by atoms with Crippen molar-refractivity contribution in [2.24, 2.45) is 5.10 Å². The van der Waals surface area contributed by atoms with Gasteiger partial charge in [0, 0.05) is 22.9 Å². The molecule has 0 atom stereocenters. The summed E-state index contributed by atoms with van der Waals surface area (Å²) >= 11 is 0. The molecule has 1 aliphatic carbocycles. The van der Waals surface area contributed by atoms with E-state index in [0.717, 1.165) is 41.8 Å². The summed E-state index contributed by atoms with van der Waals surface area (Å²) in [5.41, 5.74) is 6.81. The monoisotopic (exact) mass is 390 g/mol. The van der Waals surface area contributed by atoms with Crippen LogP contribution in [-0.4, -0.2) is 36.1 Å². The van der Waals surface area contributed by atoms with E-state index in [1.807, 2.05) is 41.1 Å². The van der Waals surface area contributed by atoms with Crippen molar-refractivity contribution in [1.29, 1.82) is 0 Å². The average Bonchev–Trinajstić information content (AvgIpc) is 3.37. The van der Waals surface area contributed by atoms with Crippen molar-refractivity contribution in [2.75, 3.05) is 14.2 Å². The van der Waals surface area contributed by atoms with Gasteiger partial charge < -0.3 is 9.47 Å². The van der Waals surface area contributed by atoms with Gasteiger partial charge in [-0.05, 0) is 43.5 Å². The molecule has 0 bridgehead atoms. The number of hydrogen-bond acceptors (Lipinski definition) is 5. The van der Waals surface area contributed by atoms with Gasteiger partial charge in [0.15, 0.2) is 5.69 Å². The van der Waals surface area contributed by atoms with E-state index in [9.17, 15) is 4.79 Å². The number of benzene rings is 2. The fourth-order valence-corrected chi connectivity index (χ4v) is 3.54. The van der Waals surface area contributed by atoms with Crippen molar-refractivity contribution in [2.45, 2.75) is 19.3 Å². The molecule has 3 aromatic rings. The van der Waals surface area contributed by atoms with E-state index < -0.39 is 0 Å². The average molecular weight is 390 g/mol.